The zero-order valence-electron chi connectivity index (χ0n) is 7.47. The molecule has 0 unspecified atom stereocenters. The number of aliphatic hydroxyl groups excluding tert-OH is 1. The maximum atomic E-state index is 10.9. The SMILES string of the molecule is COc1c(CO)cccc1S(=O)(=O)O. The molecule has 0 aromatic heterocycles. The molecule has 0 radical (unpaired) electrons. The van der Waals surface area contributed by atoms with Crippen LogP contribution in [0.5, 0.6) is 5.75 Å². The zero-order valence-corrected chi connectivity index (χ0v) is 8.28. The van der Waals surface area contributed by atoms with Crippen LogP contribution in [0.1, 0.15) is 5.56 Å². The van der Waals surface area contributed by atoms with Crippen LogP contribution in [0.25, 0.3) is 0 Å². The first-order valence-electron chi connectivity index (χ1n) is 3.75. The molecular formula is C8H10O5S. The fraction of sp³-hybridized carbons (Fsp3) is 0.250. The van der Waals surface area contributed by atoms with Gasteiger partial charge in [0.2, 0.25) is 0 Å². The summed E-state index contributed by atoms with van der Waals surface area (Å²) in [7, 11) is -3.05. The van der Waals surface area contributed by atoms with E-state index in [1.165, 1.54) is 25.3 Å². The van der Waals surface area contributed by atoms with Gasteiger partial charge in [0.05, 0.1) is 13.7 Å². The van der Waals surface area contributed by atoms with Crippen LogP contribution >= 0.6 is 0 Å². The number of ether oxygens (including phenoxy) is 1. The standard InChI is InChI=1S/C8H10O5S/c1-13-8-6(5-9)3-2-4-7(8)14(10,11)12/h2-4,9H,5H2,1H3,(H,10,11,12). The molecule has 5 nitrogen and oxygen atoms in total. The third-order valence-corrected chi connectivity index (χ3v) is 2.59. The van der Waals surface area contributed by atoms with Crippen LogP contribution in [0.4, 0.5) is 0 Å². The highest BCUT2D eigenvalue weighted by atomic mass is 32.2. The predicted molar refractivity (Wildman–Crippen MR) is 48.7 cm³/mol. The van der Waals surface area contributed by atoms with Crippen LogP contribution in [-0.4, -0.2) is 25.2 Å². The van der Waals surface area contributed by atoms with Crippen molar-refractivity contribution in [3.8, 4) is 5.75 Å². The molecule has 78 valence electrons. The number of benzene rings is 1. The molecule has 14 heavy (non-hydrogen) atoms. The van der Waals surface area contributed by atoms with E-state index in [0.717, 1.165) is 0 Å². The summed E-state index contributed by atoms with van der Waals surface area (Å²) in [5, 5.41) is 8.88. The Balaban J connectivity index is 3.45. The van der Waals surface area contributed by atoms with E-state index in [-0.39, 0.29) is 17.3 Å². The summed E-state index contributed by atoms with van der Waals surface area (Å²) in [6, 6.07) is 4.12. The number of aliphatic hydroxyl groups is 1. The summed E-state index contributed by atoms with van der Waals surface area (Å²) < 4.78 is 35.4. The van der Waals surface area contributed by atoms with Gasteiger partial charge in [-0.15, -0.1) is 0 Å². The molecule has 0 saturated carbocycles. The van der Waals surface area contributed by atoms with Gasteiger partial charge in [-0.3, -0.25) is 4.55 Å². The van der Waals surface area contributed by atoms with Crippen molar-refractivity contribution >= 4 is 10.1 Å². The van der Waals surface area contributed by atoms with Gasteiger partial charge in [-0.1, -0.05) is 12.1 Å². The number of hydrogen-bond donors (Lipinski definition) is 2. The third-order valence-electron chi connectivity index (χ3n) is 1.71. The summed E-state index contributed by atoms with van der Waals surface area (Å²) in [5.41, 5.74) is 0.308. The molecule has 0 saturated heterocycles. The number of methoxy groups -OCH3 is 1. The number of rotatable bonds is 3. The van der Waals surface area contributed by atoms with E-state index in [0.29, 0.717) is 5.56 Å². The van der Waals surface area contributed by atoms with Crippen molar-refractivity contribution in [1.82, 2.24) is 0 Å². The quantitative estimate of drug-likeness (QED) is 0.719. The summed E-state index contributed by atoms with van der Waals surface area (Å²) in [5.74, 6) is -0.0301. The minimum Gasteiger partial charge on any atom is -0.495 e. The van der Waals surface area contributed by atoms with Crippen molar-refractivity contribution in [3.05, 3.63) is 23.8 Å². The monoisotopic (exact) mass is 218 g/mol. The topological polar surface area (TPSA) is 83.8 Å². The molecule has 1 aromatic carbocycles. The van der Waals surface area contributed by atoms with E-state index in [2.05, 4.69) is 0 Å². The largest absolute Gasteiger partial charge is 0.495 e. The highest BCUT2D eigenvalue weighted by Gasteiger charge is 2.18. The third kappa shape index (κ3) is 2.03. The minimum atomic E-state index is -4.31. The lowest BCUT2D eigenvalue weighted by Gasteiger charge is -2.09. The maximum Gasteiger partial charge on any atom is 0.298 e. The van der Waals surface area contributed by atoms with Gasteiger partial charge in [0, 0.05) is 5.56 Å². The molecule has 1 rings (SSSR count). The van der Waals surface area contributed by atoms with Crippen LogP contribution in [0, 0.1) is 0 Å². The minimum absolute atomic E-state index is 0.0301. The van der Waals surface area contributed by atoms with Crippen LogP contribution in [-0.2, 0) is 16.7 Å². The lowest BCUT2D eigenvalue weighted by Crippen LogP contribution is -2.03. The van der Waals surface area contributed by atoms with Gasteiger partial charge in [0.25, 0.3) is 10.1 Å². The van der Waals surface area contributed by atoms with Crippen LogP contribution in [0.3, 0.4) is 0 Å². The lowest BCUT2D eigenvalue weighted by atomic mass is 10.2. The Hall–Kier alpha value is -1.11. The second-order valence-corrected chi connectivity index (χ2v) is 3.97. The molecule has 0 bridgehead atoms. The Morgan fingerprint density at radius 2 is 2.07 bits per heavy atom. The van der Waals surface area contributed by atoms with Crippen LogP contribution in [0.15, 0.2) is 23.1 Å². The van der Waals surface area contributed by atoms with E-state index in [4.69, 9.17) is 14.4 Å². The second-order valence-electron chi connectivity index (χ2n) is 2.58. The van der Waals surface area contributed by atoms with Crippen molar-refractivity contribution in [2.24, 2.45) is 0 Å². The van der Waals surface area contributed by atoms with Gasteiger partial charge in [-0.25, -0.2) is 0 Å². The first-order valence-corrected chi connectivity index (χ1v) is 5.19. The Bertz CT molecular complexity index is 423. The van der Waals surface area contributed by atoms with Crippen molar-refractivity contribution in [3.63, 3.8) is 0 Å². The first kappa shape index (κ1) is 11.0. The Morgan fingerprint density at radius 3 is 2.50 bits per heavy atom. The van der Waals surface area contributed by atoms with Crippen molar-refractivity contribution < 1.29 is 22.8 Å². The van der Waals surface area contributed by atoms with Crippen molar-refractivity contribution in [2.75, 3.05) is 7.11 Å². The Kier molecular flexibility index (Phi) is 3.10. The Labute approximate surface area is 81.7 Å². The number of hydrogen-bond acceptors (Lipinski definition) is 4. The molecule has 1 aromatic rings. The summed E-state index contributed by atoms with van der Waals surface area (Å²) >= 11 is 0. The van der Waals surface area contributed by atoms with Crippen molar-refractivity contribution in [2.45, 2.75) is 11.5 Å². The highest BCUT2D eigenvalue weighted by Crippen LogP contribution is 2.27. The highest BCUT2D eigenvalue weighted by molar-refractivity contribution is 7.86. The molecule has 0 aliphatic carbocycles. The van der Waals surface area contributed by atoms with E-state index in [9.17, 15) is 8.42 Å². The van der Waals surface area contributed by atoms with Gasteiger partial charge in [0.1, 0.15) is 10.6 Å². The molecule has 0 aliphatic rings. The molecule has 6 heteroatoms. The fourth-order valence-electron chi connectivity index (χ4n) is 1.12. The van der Waals surface area contributed by atoms with Gasteiger partial charge in [-0.2, -0.15) is 8.42 Å². The average molecular weight is 218 g/mol. The molecule has 0 amide bonds. The summed E-state index contributed by atoms with van der Waals surface area (Å²) in [6.45, 7) is -0.355. The predicted octanol–water partition coefficient (Wildman–Crippen LogP) is 0.434. The molecular weight excluding hydrogens is 208 g/mol. The maximum absolute atomic E-state index is 10.9. The van der Waals surface area contributed by atoms with E-state index in [1.807, 2.05) is 0 Å². The molecule has 0 fully saturated rings. The van der Waals surface area contributed by atoms with E-state index in [1.54, 1.807) is 0 Å². The molecule has 0 heterocycles. The molecule has 0 spiro atoms. The lowest BCUT2D eigenvalue weighted by molar-refractivity contribution is 0.272. The van der Waals surface area contributed by atoms with E-state index >= 15 is 0 Å². The molecule has 2 N–H and O–H groups in total. The molecule has 0 atom stereocenters. The average Bonchev–Trinajstić information content (AvgIpc) is 2.15. The Morgan fingerprint density at radius 1 is 1.43 bits per heavy atom. The van der Waals surface area contributed by atoms with Gasteiger partial charge in [-0.05, 0) is 6.07 Å². The summed E-state index contributed by atoms with van der Waals surface area (Å²) in [4.78, 5) is -0.341. The van der Waals surface area contributed by atoms with Crippen LogP contribution in [0.2, 0.25) is 0 Å². The van der Waals surface area contributed by atoms with Gasteiger partial charge in [0.15, 0.2) is 0 Å². The van der Waals surface area contributed by atoms with E-state index < -0.39 is 10.1 Å². The smallest absolute Gasteiger partial charge is 0.298 e. The van der Waals surface area contributed by atoms with Gasteiger partial charge >= 0.3 is 0 Å². The fourth-order valence-corrected chi connectivity index (χ4v) is 1.82. The second kappa shape index (κ2) is 3.95. The first-order chi connectivity index (χ1) is 6.50. The van der Waals surface area contributed by atoms with Crippen molar-refractivity contribution in [1.29, 1.82) is 0 Å². The zero-order chi connectivity index (χ0) is 10.8. The van der Waals surface area contributed by atoms with Gasteiger partial charge < -0.3 is 9.84 Å². The van der Waals surface area contributed by atoms with Crippen LogP contribution < -0.4 is 4.74 Å². The normalized spacial score (nSPS) is 11.4. The summed E-state index contributed by atoms with van der Waals surface area (Å²) in [6.07, 6.45) is 0. The number of para-hydroxylation sites is 1. The molecule has 0 aliphatic heterocycles.